The highest BCUT2D eigenvalue weighted by molar-refractivity contribution is 5.46. The van der Waals surface area contributed by atoms with Crippen LogP contribution in [-0.4, -0.2) is 23.9 Å². The largest absolute Gasteiger partial charge is 0.508 e. The molecular formula is C23H34O3. The predicted octanol–water partition coefficient (Wildman–Crippen LogP) is 5.58. The van der Waals surface area contributed by atoms with Gasteiger partial charge in [-0.2, -0.15) is 0 Å². The van der Waals surface area contributed by atoms with Crippen LogP contribution in [0.25, 0.3) is 0 Å². The minimum Gasteiger partial charge on any atom is -0.508 e. The van der Waals surface area contributed by atoms with E-state index in [1.54, 1.807) is 0 Å². The Kier molecular flexibility index (Phi) is 6.63. The lowest BCUT2D eigenvalue weighted by atomic mass is 9.79. The van der Waals surface area contributed by atoms with E-state index >= 15 is 0 Å². The molecule has 1 aromatic rings. The number of phenols is 1. The van der Waals surface area contributed by atoms with Gasteiger partial charge in [0.05, 0.1) is 18.8 Å². The van der Waals surface area contributed by atoms with E-state index in [0.29, 0.717) is 18.3 Å². The second-order valence-electron chi connectivity index (χ2n) is 7.77. The molecule has 2 aliphatic rings. The maximum absolute atomic E-state index is 10.6. The third-order valence-electron chi connectivity index (χ3n) is 5.99. The van der Waals surface area contributed by atoms with Gasteiger partial charge in [0.15, 0.2) is 0 Å². The molecule has 1 aliphatic carbocycles. The first-order valence-electron chi connectivity index (χ1n) is 10.5. The molecule has 0 spiro atoms. The molecule has 1 heterocycles. The van der Waals surface area contributed by atoms with E-state index in [0.717, 1.165) is 50.0 Å². The molecule has 1 aromatic carbocycles. The fraction of sp³-hybridized carbons (Fsp3) is 0.652. The summed E-state index contributed by atoms with van der Waals surface area (Å²) in [5.41, 5.74) is 2.07. The Hall–Kier alpha value is -1.48. The molecule has 0 aromatic heterocycles. The lowest BCUT2D eigenvalue weighted by molar-refractivity contribution is -0.0601. The van der Waals surface area contributed by atoms with Gasteiger partial charge in [0.2, 0.25) is 0 Å². The number of aromatic hydroxyl groups is 1. The quantitative estimate of drug-likeness (QED) is 0.616. The van der Waals surface area contributed by atoms with Gasteiger partial charge in [0, 0.05) is 6.07 Å². The number of rotatable bonds is 8. The summed E-state index contributed by atoms with van der Waals surface area (Å²) in [6, 6.07) is 3.94. The van der Waals surface area contributed by atoms with Crippen molar-refractivity contribution in [3.05, 3.63) is 35.4 Å². The summed E-state index contributed by atoms with van der Waals surface area (Å²) in [4.78, 5) is 0. The fourth-order valence-corrected chi connectivity index (χ4v) is 4.49. The van der Waals surface area contributed by atoms with Gasteiger partial charge in [0.1, 0.15) is 11.5 Å². The number of aryl methyl sites for hydroxylation is 2. The summed E-state index contributed by atoms with van der Waals surface area (Å²) in [6.07, 6.45) is 14.5. The Morgan fingerprint density at radius 1 is 1.19 bits per heavy atom. The highest BCUT2D eigenvalue weighted by Crippen LogP contribution is 2.42. The maximum Gasteiger partial charge on any atom is 0.126 e. The second-order valence-corrected chi connectivity index (χ2v) is 7.77. The minimum atomic E-state index is -0.134. The summed E-state index contributed by atoms with van der Waals surface area (Å²) >= 11 is 0. The van der Waals surface area contributed by atoms with Crippen molar-refractivity contribution in [1.29, 1.82) is 0 Å². The van der Waals surface area contributed by atoms with E-state index in [4.69, 9.17) is 9.47 Å². The molecule has 3 rings (SSSR count). The lowest BCUT2D eigenvalue weighted by Crippen LogP contribution is -2.40. The molecule has 0 radical (unpaired) electrons. The highest BCUT2D eigenvalue weighted by atomic mass is 16.5. The first-order chi connectivity index (χ1) is 12.7. The molecule has 3 nitrogen and oxygen atoms in total. The summed E-state index contributed by atoms with van der Waals surface area (Å²) in [5.74, 6) is 1.81. The Bertz CT molecular complexity index is 616. The number of ether oxygens (including phenoxy) is 2. The lowest BCUT2D eigenvalue weighted by Gasteiger charge is -2.39. The van der Waals surface area contributed by atoms with Crippen molar-refractivity contribution in [2.45, 2.75) is 77.2 Å². The number of benzene rings is 1. The molecule has 1 saturated carbocycles. The summed E-state index contributed by atoms with van der Waals surface area (Å²) in [6.45, 7) is 5.75. The van der Waals surface area contributed by atoms with Crippen molar-refractivity contribution in [3.8, 4) is 11.5 Å². The number of hydrogen-bond acceptors (Lipinski definition) is 3. The first kappa shape index (κ1) is 19.3. The topological polar surface area (TPSA) is 38.7 Å². The van der Waals surface area contributed by atoms with Gasteiger partial charge >= 0.3 is 0 Å². The molecule has 1 atom stereocenters. The first-order valence-corrected chi connectivity index (χ1v) is 10.5. The molecule has 26 heavy (non-hydrogen) atoms. The third-order valence-corrected chi connectivity index (χ3v) is 5.99. The van der Waals surface area contributed by atoms with E-state index < -0.39 is 0 Å². The van der Waals surface area contributed by atoms with E-state index in [2.05, 4.69) is 32.1 Å². The van der Waals surface area contributed by atoms with Gasteiger partial charge < -0.3 is 14.6 Å². The van der Waals surface area contributed by atoms with Crippen LogP contribution in [0.1, 0.15) is 69.9 Å². The fourth-order valence-electron chi connectivity index (χ4n) is 4.49. The van der Waals surface area contributed by atoms with Crippen LogP contribution < -0.4 is 4.74 Å². The smallest absolute Gasteiger partial charge is 0.126 e. The zero-order valence-electron chi connectivity index (χ0n) is 16.4. The third kappa shape index (κ3) is 4.25. The van der Waals surface area contributed by atoms with E-state index in [1.807, 2.05) is 6.07 Å². The van der Waals surface area contributed by atoms with Gasteiger partial charge in [0.25, 0.3) is 0 Å². The van der Waals surface area contributed by atoms with Crippen molar-refractivity contribution < 1.29 is 14.6 Å². The molecule has 144 valence electrons. The van der Waals surface area contributed by atoms with Crippen LogP contribution in [0.5, 0.6) is 11.5 Å². The monoisotopic (exact) mass is 358 g/mol. The molecule has 0 amide bonds. The maximum atomic E-state index is 10.6. The summed E-state index contributed by atoms with van der Waals surface area (Å²) in [7, 11) is 0. The van der Waals surface area contributed by atoms with Gasteiger partial charge in [-0.1, -0.05) is 38.8 Å². The van der Waals surface area contributed by atoms with E-state index in [-0.39, 0.29) is 5.60 Å². The second kappa shape index (κ2) is 8.94. The zero-order chi connectivity index (χ0) is 18.4. The average Bonchev–Trinajstić information content (AvgIpc) is 3.21. The van der Waals surface area contributed by atoms with Crippen molar-refractivity contribution in [1.82, 2.24) is 0 Å². The van der Waals surface area contributed by atoms with Crippen LogP contribution in [0.15, 0.2) is 24.3 Å². The van der Waals surface area contributed by atoms with Crippen molar-refractivity contribution in [2.75, 3.05) is 13.2 Å². The minimum absolute atomic E-state index is 0.134. The van der Waals surface area contributed by atoms with Crippen molar-refractivity contribution in [3.63, 3.8) is 0 Å². The van der Waals surface area contributed by atoms with E-state index in [9.17, 15) is 5.11 Å². The standard InChI is InChI=1S/C23H34O3/c1-3-14-25-22-17-21(24)19(16-18(22)4-2)11-13-23(12-7-8-15-26-23)20-9-5-6-10-20/h7,12,16-17,20,24H,3-6,8-11,13-15H2,1-2H3. The van der Waals surface area contributed by atoms with Crippen LogP contribution in [0.3, 0.4) is 0 Å². The van der Waals surface area contributed by atoms with Crippen molar-refractivity contribution >= 4 is 0 Å². The summed E-state index contributed by atoms with van der Waals surface area (Å²) < 4.78 is 12.2. The molecule has 0 saturated heterocycles. The van der Waals surface area contributed by atoms with Gasteiger partial charge in [-0.05, 0) is 68.1 Å². The Morgan fingerprint density at radius 2 is 2.00 bits per heavy atom. The molecule has 3 heteroatoms. The normalized spacial score (nSPS) is 23.5. The van der Waals surface area contributed by atoms with Crippen LogP contribution in [0, 0.1) is 5.92 Å². The Balaban J connectivity index is 1.76. The van der Waals surface area contributed by atoms with E-state index in [1.165, 1.54) is 31.2 Å². The predicted molar refractivity (Wildman–Crippen MR) is 106 cm³/mol. The van der Waals surface area contributed by atoms with Gasteiger partial charge in [-0.25, -0.2) is 0 Å². The zero-order valence-corrected chi connectivity index (χ0v) is 16.4. The van der Waals surface area contributed by atoms with Crippen LogP contribution >= 0.6 is 0 Å². The molecule has 1 fully saturated rings. The van der Waals surface area contributed by atoms with Crippen molar-refractivity contribution in [2.24, 2.45) is 5.92 Å². The van der Waals surface area contributed by atoms with Gasteiger partial charge in [-0.3, -0.25) is 0 Å². The van der Waals surface area contributed by atoms with Crippen LogP contribution in [-0.2, 0) is 17.6 Å². The highest BCUT2D eigenvalue weighted by Gasteiger charge is 2.39. The van der Waals surface area contributed by atoms with Gasteiger partial charge in [-0.15, -0.1) is 0 Å². The molecule has 0 bridgehead atoms. The average molecular weight is 359 g/mol. The number of hydrogen-bond donors (Lipinski definition) is 1. The Labute approximate surface area is 158 Å². The number of phenolic OH excluding ortho intramolecular Hbond substituents is 1. The summed E-state index contributed by atoms with van der Waals surface area (Å²) in [5, 5.41) is 10.6. The van der Waals surface area contributed by atoms with Crippen LogP contribution in [0.4, 0.5) is 0 Å². The van der Waals surface area contributed by atoms with Crippen LogP contribution in [0.2, 0.25) is 0 Å². The molecule has 1 unspecified atom stereocenters. The SMILES string of the molecule is CCCOc1cc(O)c(CCC2(C3CCCC3)C=CCCO2)cc1CC. The molecule has 1 N–H and O–H groups in total. The molecular weight excluding hydrogens is 324 g/mol. The Morgan fingerprint density at radius 3 is 2.65 bits per heavy atom. The molecule has 1 aliphatic heterocycles.